The molecule has 0 aliphatic heterocycles. The van der Waals surface area contributed by atoms with Gasteiger partial charge in [0.25, 0.3) is 0 Å². The Hall–Kier alpha value is -0.320. The van der Waals surface area contributed by atoms with Gasteiger partial charge in [-0.1, -0.05) is 11.6 Å². The topological polar surface area (TPSA) is 32.9 Å². The molecule has 1 heterocycles. The second kappa shape index (κ2) is 3.68. The van der Waals surface area contributed by atoms with Gasteiger partial charge in [-0.25, -0.2) is 0 Å². The van der Waals surface area contributed by atoms with Gasteiger partial charge in [0.15, 0.2) is 0 Å². The zero-order chi connectivity index (χ0) is 10.3. The minimum Gasteiger partial charge on any atom is -0.359 e. The number of aromatic amines is 1. The number of hydrogen-bond donors (Lipinski definition) is 1. The summed E-state index contributed by atoms with van der Waals surface area (Å²) in [5.41, 5.74) is 0.572. The number of pyridine rings is 1. The minimum absolute atomic E-state index is 0.173. The van der Waals surface area contributed by atoms with Crippen LogP contribution in [0.1, 0.15) is 0 Å². The maximum absolute atomic E-state index is 11.7. The summed E-state index contributed by atoms with van der Waals surface area (Å²) in [6.45, 7) is 0. The van der Waals surface area contributed by atoms with Gasteiger partial charge in [0.2, 0.25) is 5.43 Å². The van der Waals surface area contributed by atoms with Gasteiger partial charge in [0.1, 0.15) is 5.02 Å². The molecule has 0 radical (unpaired) electrons. The summed E-state index contributed by atoms with van der Waals surface area (Å²) in [7, 11) is 0. The fourth-order valence-corrected chi connectivity index (χ4v) is 2.34. The molecule has 0 bridgehead atoms. The maximum Gasteiger partial charge on any atom is 0.209 e. The molecular weight excluding hydrogens is 333 g/mol. The van der Waals surface area contributed by atoms with Crippen molar-refractivity contribution in [3.8, 4) is 0 Å². The van der Waals surface area contributed by atoms with E-state index >= 15 is 0 Å². The van der Waals surface area contributed by atoms with Gasteiger partial charge in [0.05, 0.1) is 10.9 Å². The quantitative estimate of drug-likeness (QED) is 0.781. The normalized spacial score (nSPS) is 10.8. The lowest BCUT2D eigenvalue weighted by atomic mass is 10.2. The number of rotatable bonds is 0. The standard InChI is InChI=1S/C9H4Br2ClNO/c10-4-1-2-5(11)8-7(4)9(14)6(12)3-13-8/h1-3H,(H,13,14). The van der Waals surface area contributed by atoms with Crippen LogP contribution in [0.3, 0.4) is 0 Å². The van der Waals surface area contributed by atoms with Crippen LogP contribution in [0.4, 0.5) is 0 Å². The van der Waals surface area contributed by atoms with Gasteiger partial charge in [-0.05, 0) is 44.0 Å². The Morgan fingerprint density at radius 2 is 1.86 bits per heavy atom. The fourth-order valence-electron chi connectivity index (χ4n) is 1.24. The Kier molecular flexibility index (Phi) is 2.68. The molecule has 72 valence electrons. The van der Waals surface area contributed by atoms with Gasteiger partial charge in [-0.3, -0.25) is 4.79 Å². The Bertz CT molecular complexity index is 564. The molecule has 0 fully saturated rings. The van der Waals surface area contributed by atoms with Crippen molar-refractivity contribution in [1.29, 1.82) is 0 Å². The molecule has 0 amide bonds. The third-order valence-corrected chi connectivity index (χ3v) is 3.49. The van der Waals surface area contributed by atoms with Gasteiger partial charge >= 0.3 is 0 Å². The van der Waals surface area contributed by atoms with Crippen molar-refractivity contribution in [1.82, 2.24) is 4.98 Å². The van der Waals surface area contributed by atoms with Crippen LogP contribution < -0.4 is 5.43 Å². The smallest absolute Gasteiger partial charge is 0.209 e. The highest BCUT2D eigenvalue weighted by atomic mass is 79.9. The molecule has 0 atom stereocenters. The van der Waals surface area contributed by atoms with Gasteiger partial charge in [0, 0.05) is 15.1 Å². The predicted molar refractivity (Wildman–Crippen MR) is 65.0 cm³/mol. The van der Waals surface area contributed by atoms with E-state index in [9.17, 15) is 4.79 Å². The van der Waals surface area contributed by atoms with Crippen molar-refractivity contribution in [2.45, 2.75) is 0 Å². The van der Waals surface area contributed by atoms with Crippen LogP contribution in [-0.4, -0.2) is 4.98 Å². The van der Waals surface area contributed by atoms with E-state index in [-0.39, 0.29) is 10.5 Å². The van der Waals surface area contributed by atoms with Crippen molar-refractivity contribution in [3.05, 3.63) is 42.5 Å². The van der Waals surface area contributed by atoms with Crippen molar-refractivity contribution in [2.24, 2.45) is 0 Å². The average molecular weight is 337 g/mol. The second-order valence-electron chi connectivity index (χ2n) is 2.74. The number of nitrogens with one attached hydrogen (secondary N) is 1. The first-order valence-electron chi connectivity index (χ1n) is 3.76. The second-order valence-corrected chi connectivity index (χ2v) is 4.86. The van der Waals surface area contributed by atoms with Gasteiger partial charge < -0.3 is 4.98 Å². The summed E-state index contributed by atoms with van der Waals surface area (Å²) in [5.74, 6) is 0. The molecule has 0 saturated carbocycles. The molecule has 5 heteroatoms. The number of fused-ring (bicyclic) bond motifs is 1. The van der Waals surface area contributed by atoms with E-state index < -0.39 is 0 Å². The lowest BCUT2D eigenvalue weighted by molar-refractivity contribution is 1.37. The number of H-pyrrole nitrogens is 1. The van der Waals surface area contributed by atoms with E-state index in [0.29, 0.717) is 5.39 Å². The summed E-state index contributed by atoms with van der Waals surface area (Å²) in [4.78, 5) is 14.7. The molecule has 0 aliphatic rings. The lowest BCUT2D eigenvalue weighted by Gasteiger charge is -2.02. The number of halogens is 3. The highest BCUT2D eigenvalue weighted by Gasteiger charge is 2.08. The van der Waals surface area contributed by atoms with Crippen LogP contribution in [0, 0.1) is 0 Å². The molecule has 1 N–H and O–H groups in total. The largest absolute Gasteiger partial charge is 0.359 e. The van der Waals surface area contributed by atoms with Crippen molar-refractivity contribution < 1.29 is 0 Å². The van der Waals surface area contributed by atoms with Crippen LogP contribution in [0.5, 0.6) is 0 Å². The minimum atomic E-state index is -0.173. The Balaban J connectivity index is 3.09. The number of hydrogen-bond acceptors (Lipinski definition) is 1. The maximum atomic E-state index is 11.7. The van der Waals surface area contributed by atoms with Crippen LogP contribution in [0.15, 0.2) is 32.1 Å². The first-order chi connectivity index (χ1) is 6.61. The molecule has 1 aromatic heterocycles. The van der Waals surface area contributed by atoms with Crippen LogP contribution in [0.25, 0.3) is 10.9 Å². The summed E-state index contributed by atoms with van der Waals surface area (Å²) in [5, 5.41) is 0.753. The van der Waals surface area contributed by atoms with Gasteiger partial charge in [-0.2, -0.15) is 0 Å². The zero-order valence-electron chi connectivity index (χ0n) is 6.77. The molecule has 2 aromatic rings. The summed E-state index contributed by atoms with van der Waals surface area (Å²) < 4.78 is 1.57. The third-order valence-electron chi connectivity index (χ3n) is 1.89. The molecule has 0 spiro atoms. The van der Waals surface area contributed by atoms with Gasteiger partial charge in [-0.15, -0.1) is 0 Å². The molecular formula is C9H4Br2ClNO. The monoisotopic (exact) mass is 335 g/mol. The van der Waals surface area contributed by atoms with E-state index in [1.165, 1.54) is 6.20 Å². The first kappa shape index (κ1) is 10.2. The van der Waals surface area contributed by atoms with Crippen molar-refractivity contribution in [3.63, 3.8) is 0 Å². The van der Waals surface area contributed by atoms with E-state index in [1.54, 1.807) is 6.07 Å². The van der Waals surface area contributed by atoms with Crippen molar-refractivity contribution in [2.75, 3.05) is 0 Å². The van der Waals surface area contributed by atoms with Crippen LogP contribution >= 0.6 is 43.5 Å². The predicted octanol–water partition coefficient (Wildman–Crippen LogP) is 3.71. The zero-order valence-corrected chi connectivity index (χ0v) is 10.7. The molecule has 14 heavy (non-hydrogen) atoms. The Morgan fingerprint density at radius 3 is 2.57 bits per heavy atom. The first-order valence-corrected chi connectivity index (χ1v) is 5.72. The lowest BCUT2D eigenvalue weighted by Crippen LogP contribution is -2.04. The molecule has 1 aromatic carbocycles. The number of aromatic nitrogens is 1. The van der Waals surface area contributed by atoms with E-state index in [2.05, 4.69) is 36.8 Å². The van der Waals surface area contributed by atoms with Crippen LogP contribution in [-0.2, 0) is 0 Å². The van der Waals surface area contributed by atoms with E-state index in [1.807, 2.05) is 6.07 Å². The highest BCUT2D eigenvalue weighted by molar-refractivity contribution is 9.11. The van der Waals surface area contributed by atoms with Crippen molar-refractivity contribution >= 4 is 54.4 Å². The molecule has 0 saturated heterocycles. The Labute approximate surface area is 102 Å². The molecule has 0 unspecified atom stereocenters. The molecule has 0 aliphatic carbocycles. The summed E-state index contributed by atoms with van der Waals surface area (Å²) in [6, 6.07) is 3.66. The van der Waals surface area contributed by atoms with E-state index in [4.69, 9.17) is 11.6 Å². The van der Waals surface area contributed by atoms with Crippen LogP contribution in [0.2, 0.25) is 5.02 Å². The Morgan fingerprint density at radius 1 is 1.21 bits per heavy atom. The SMILES string of the molecule is O=c1c(Cl)c[nH]c2c(Br)ccc(Br)c12. The molecule has 2 rings (SSSR count). The average Bonchev–Trinajstić information content (AvgIpc) is 2.16. The highest BCUT2D eigenvalue weighted by Crippen LogP contribution is 2.27. The summed E-state index contributed by atoms with van der Waals surface area (Å²) >= 11 is 12.4. The summed E-state index contributed by atoms with van der Waals surface area (Å²) in [6.07, 6.45) is 1.49. The van der Waals surface area contributed by atoms with E-state index in [0.717, 1.165) is 14.5 Å². The third kappa shape index (κ3) is 1.51. The fraction of sp³-hybridized carbons (Fsp3) is 0. The number of benzene rings is 1. The molecule has 2 nitrogen and oxygen atoms in total.